The van der Waals surface area contributed by atoms with Gasteiger partial charge in [-0.2, -0.15) is 0 Å². The van der Waals surface area contributed by atoms with Crippen LogP contribution in [0.5, 0.6) is 0 Å². The zero-order valence-electron chi connectivity index (χ0n) is 14.7. The molecule has 0 bridgehead atoms. The summed E-state index contributed by atoms with van der Waals surface area (Å²) in [4.78, 5) is 26.4. The van der Waals surface area contributed by atoms with Crippen LogP contribution in [0.25, 0.3) is 0 Å². The summed E-state index contributed by atoms with van der Waals surface area (Å²) >= 11 is 0. The summed E-state index contributed by atoms with van der Waals surface area (Å²) in [5.74, 6) is 0.0591. The first kappa shape index (κ1) is 16.8. The Hall–Kier alpha value is -2.04. The molecular weight excluding hydrogens is 304 g/mol. The number of amides is 2. The fourth-order valence-corrected chi connectivity index (χ4v) is 3.96. The molecule has 2 fully saturated rings. The van der Waals surface area contributed by atoms with Crippen molar-refractivity contribution in [1.29, 1.82) is 0 Å². The summed E-state index contributed by atoms with van der Waals surface area (Å²) < 4.78 is 5.59. The highest BCUT2D eigenvalue weighted by Gasteiger charge is 2.51. The number of benzene rings is 1. The summed E-state index contributed by atoms with van der Waals surface area (Å²) in [6.07, 6.45) is 1.82. The monoisotopic (exact) mass is 330 g/mol. The van der Waals surface area contributed by atoms with Crippen molar-refractivity contribution in [2.75, 3.05) is 13.1 Å². The van der Waals surface area contributed by atoms with Crippen LogP contribution < -0.4 is 5.32 Å². The van der Waals surface area contributed by atoms with Gasteiger partial charge in [-0.25, -0.2) is 4.79 Å². The molecule has 2 heterocycles. The third-order valence-electron chi connectivity index (χ3n) is 5.08. The topological polar surface area (TPSA) is 58.6 Å². The summed E-state index contributed by atoms with van der Waals surface area (Å²) in [7, 11) is 0. The Bertz CT molecular complexity index is 623. The molecule has 2 atom stereocenters. The summed E-state index contributed by atoms with van der Waals surface area (Å²) in [6.45, 7) is 6.76. The van der Waals surface area contributed by atoms with Crippen LogP contribution in [0.1, 0.15) is 45.6 Å². The van der Waals surface area contributed by atoms with E-state index < -0.39 is 5.60 Å². The van der Waals surface area contributed by atoms with Crippen molar-refractivity contribution in [3.8, 4) is 0 Å². The first-order valence-electron chi connectivity index (χ1n) is 8.64. The van der Waals surface area contributed by atoms with E-state index >= 15 is 0 Å². The van der Waals surface area contributed by atoms with Crippen LogP contribution in [0.4, 0.5) is 4.79 Å². The molecule has 0 aromatic heterocycles. The highest BCUT2D eigenvalue weighted by Crippen LogP contribution is 2.45. The number of hydrogen-bond acceptors (Lipinski definition) is 3. The van der Waals surface area contributed by atoms with Crippen molar-refractivity contribution < 1.29 is 14.3 Å². The van der Waals surface area contributed by atoms with E-state index in [1.54, 1.807) is 0 Å². The molecule has 1 N–H and O–H groups in total. The number of nitrogens with one attached hydrogen (secondary N) is 1. The third kappa shape index (κ3) is 3.12. The fourth-order valence-electron chi connectivity index (χ4n) is 3.96. The molecule has 130 valence electrons. The summed E-state index contributed by atoms with van der Waals surface area (Å²) in [6, 6.07) is 10.2. The number of rotatable bonds is 1. The lowest BCUT2D eigenvalue weighted by Gasteiger charge is -2.37. The molecule has 0 radical (unpaired) electrons. The standard InChI is InChI=1S/C19H26N2O3/c1-18(2,3)24-17(23)21-12-11-19(14-7-5-4-6-8-14)10-9-16(22)20-13-15(19)21/h4-8,15H,9-13H2,1-3H3,(H,20,22)/t15-,19-/m0/s1. The number of nitrogens with zero attached hydrogens (tertiary/aromatic N) is 1. The number of carbonyl (C=O) groups excluding carboxylic acids is 2. The van der Waals surface area contributed by atoms with E-state index in [0.717, 1.165) is 12.8 Å². The summed E-state index contributed by atoms with van der Waals surface area (Å²) in [5.41, 5.74) is 0.498. The van der Waals surface area contributed by atoms with Crippen LogP contribution >= 0.6 is 0 Å². The lowest BCUT2D eigenvalue weighted by Crippen LogP contribution is -2.50. The maximum absolute atomic E-state index is 12.7. The van der Waals surface area contributed by atoms with Crippen LogP contribution in [0, 0.1) is 0 Å². The molecule has 5 nitrogen and oxygen atoms in total. The Kier molecular flexibility index (Phi) is 4.28. The van der Waals surface area contributed by atoms with Gasteiger partial charge in [-0.15, -0.1) is 0 Å². The molecule has 0 saturated carbocycles. The predicted molar refractivity (Wildman–Crippen MR) is 91.7 cm³/mol. The maximum atomic E-state index is 12.7. The number of hydrogen-bond donors (Lipinski definition) is 1. The Morgan fingerprint density at radius 2 is 1.96 bits per heavy atom. The first-order valence-corrected chi connectivity index (χ1v) is 8.64. The van der Waals surface area contributed by atoms with Gasteiger partial charge in [0.2, 0.25) is 5.91 Å². The van der Waals surface area contributed by atoms with E-state index in [0.29, 0.717) is 19.5 Å². The average Bonchev–Trinajstić information content (AvgIpc) is 2.82. The van der Waals surface area contributed by atoms with E-state index in [1.165, 1.54) is 5.56 Å². The van der Waals surface area contributed by atoms with Crippen LogP contribution in [0.15, 0.2) is 30.3 Å². The second-order valence-electron chi connectivity index (χ2n) is 7.77. The van der Waals surface area contributed by atoms with Crippen molar-refractivity contribution in [2.24, 2.45) is 0 Å². The van der Waals surface area contributed by atoms with E-state index in [2.05, 4.69) is 17.4 Å². The Morgan fingerprint density at radius 3 is 2.62 bits per heavy atom. The number of fused-ring (bicyclic) bond motifs is 1. The number of likely N-dealkylation sites (tertiary alicyclic amines) is 1. The maximum Gasteiger partial charge on any atom is 0.410 e. The van der Waals surface area contributed by atoms with Crippen molar-refractivity contribution in [3.05, 3.63) is 35.9 Å². The minimum atomic E-state index is -0.525. The van der Waals surface area contributed by atoms with Crippen molar-refractivity contribution in [2.45, 2.75) is 57.1 Å². The molecule has 24 heavy (non-hydrogen) atoms. The van der Waals surface area contributed by atoms with Gasteiger partial charge in [0.25, 0.3) is 0 Å². The molecule has 3 rings (SSSR count). The van der Waals surface area contributed by atoms with Gasteiger partial charge in [0, 0.05) is 24.9 Å². The highest BCUT2D eigenvalue weighted by molar-refractivity contribution is 5.77. The lowest BCUT2D eigenvalue weighted by molar-refractivity contribution is -0.120. The quantitative estimate of drug-likeness (QED) is 0.861. The predicted octanol–water partition coefficient (Wildman–Crippen LogP) is 2.84. The fraction of sp³-hybridized carbons (Fsp3) is 0.579. The number of ether oxygens (including phenoxy) is 1. The van der Waals surface area contributed by atoms with E-state index in [-0.39, 0.29) is 23.5 Å². The summed E-state index contributed by atoms with van der Waals surface area (Å²) in [5, 5.41) is 2.97. The van der Waals surface area contributed by atoms with Crippen LogP contribution in [-0.4, -0.2) is 41.6 Å². The van der Waals surface area contributed by atoms with Crippen molar-refractivity contribution in [3.63, 3.8) is 0 Å². The molecule has 0 aliphatic carbocycles. The largest absolute Gasteiger partial charge is 0.444 e. The van der Waals surface area contributed by atoms with Gasteiger partial charge in [0.15, 0.2) is 0 Å². The molecule has 0 spiro atoms. The SMILES string of the molecule is CC(C)(C)OC(=O)N1CC[C@]2(c3ccccc3)CCC(=O)NC[C@H]12. The molecule has 1 aromatic rings. The Morgan fingerprint density at radius 1 is 1.25 bits per heavy atom. The first-order chi connectivity index (χ1) is 11.3. The van der Waals surface area contributed by atoms with Gasteiger partial charge in [-0.05, 0) is 39.2 Å². The second-order valence-corrected chi connectivity index (χ2v) is 7.77. The average molecular weight is 330 g/mol. The van der Waals surface area contributed by atoms with Gasteiger partial charge in [-0.3, -0.25) is 4.79 Å². The van der Waals surface area contributed by atoms with E-state index in [4.69, 9.17) is 4.74 Å². The van der Waals surface area contributed by atoms with E-state index in [9.17, 15) is 9.59 Å². The van der Waals surface area contributed by atoms with Crippen molar-refractivity contribution in [1.82, 2.24) is 10.2 Å². The molecule has 2 aliphatic rings. The van der Waals surface area contributed by atoms with E-state index in [1.807, 2.05) is 43.9 Å². The normalized spacial score (nSPS) is 27.2. The van der Waals surface area contributed by atoms with Gasteiger partial charge in [0.1, 0.15) is 5.60 Å². The van der Waals surface area contributed by atoms with Gasteiger partial charge < -0.3 is 15.0 Å². The van der Waals surface area contributed by atoms with Gasteiger partial charge in [0.05, 0.1) is 6.04 Å². The Labute approximate surface area is 143 Å². The molecule has 2 amide bonds. The highest BCUT2D eigenvalue weighted by atomic mass is 16.6. The minimum absolute atomic E-state index is 0.0591. The zero-order valence-corrected chi connectivity index (χ0v) is 14.7. The smallest absolute Gasteiger partial charge is 0.410 e. The van der Waals surface area contributed by atoms with Gasteiger partial charge >= 0.3 is 6.09 Å². The Balaban J connectivity index is 1.94. The molecular formula is C19H26N2O3. The minimum Gasteiger partial charge on any atom is -0.444 e. The number of carbonyl (C=O) groups is 2. The molecule has 5 heteroatoms. The lowest BCUT2D eigenvalue weighted by atomic mass is 9.71. The third-order valence-corrected chi connectivity index (χ3v) is 5.08. The molecule has 1 aromatic carbocycles. The molecule has 2 aliphatic heterocycles. The van der Waals surface area contributed by atoms with Crippen LogP contribution in [0.3, 0.4) is 0 Å². The van der Waals surface area contributed by atoms with Crippen LogP contribution in [0.2, 0.25) is 0 Å². The molecule has 0 unspecified atom stereocenters. The van der Waals surface area contributed by atoms with Crippen LogP contribution in [-0.2, 0) is 14.9 Å². The molecule has 2 saturated heterocycles. The van der Waals surface area contributed by atoms with Crippen molar-refractivity contribution >= 4 is 12.0 Å². The van der Waals surface area contributed by atoms with Gasteiger partial charge in [-0.1, -0.05) is 30.3 Å². The zero-order chi connectivity index (χ0) is 17.4. The second kappa shape index (κ2) is 6.11.